The molecule has 1 aliphatic carbocycles. The molecule has 1 heterocycles. The summed E-state index contributed by atoms with van der Waals surface area (Å²) in [4.78, 5) is 4.47. The lowest BCUT2D eigenvalue weighted by molar-refractivity contribution is 0.230. The third-order valence-corrected chi connectivity index (χ3v) is 3.57. The van der Waals surface area contributed by atoms with Gasteiger partial charge in [0.2, 0.25) is 0 Å². The SMILES string of the molecule is CC(C)CNCC1CCC1c1nccn1C. The summed E-state index contributed by atoms with van der Waals surface area (Å²) in [7, 11) is 2.10. The maximum Gasteiger partial charge on any atom is 0.111 e. The highest BCUT2D eigenvalue weighted by molar-refractivity contribution is 5.07. The van der Waals surface area contributed by atoms with Crippen molar-refractivity contribution in [3.63, 3.8) is 0 Å². The highest BCUT2D eigenvalue weighted by Crippen LogP contribution is 2.41. The van der Waals surface area contributed by atoms with Crippen LogP contribution in [0, 0.1) is 11.8 Å². The lowest BCUT2D eigenvalue weighted by atomic mass is 9.73. The number of imidazole rings is 1. The van der Waals surface area contributed by atoms with Gasteiger partial charge in [-0.2, -0.15) is 0 Å². The normalized spacial score (nSPS) is 24.8. The Balaban J connectivity index is 1.82. The summed E-state index contributed by atoms with van der Waals surface area (Å²) in [5.41, 5.74) is 0. The molecule has 1 fully saturated rings. The molecule has 0 aliphatic heterocycles. The first-order valence-electron chi connectivity index (χ1n) is 6.36. The monoisotopic (exact) mass is 221 g/mol. The highest BCUT2D eigenvalue weighted by Gasteiger charge is 2.34. The average Bonchev–Trinajstić information content (AvgIpc) is 2.58. The number of nitrogens with one attached hydrogen (secondary N) is 1. The van der Waals surface area contributed by atoms with E-state index in [2.05, 4.69) is 35.8 Å². The van der Waals surface area contributed by atoms with Crippen LogP contribution in [0.3, 0.4) is 0 Å². The van der Waals surface area contributed by atoms with Crippen LogP contribution in [0.1, 0.15) is 38.4 Å². The van der Waals surface area contributed by atoms with E-state index < -0.39 is 0 Å². The Hall–Kier alpha value is -0.830. The summed E-state index contributed by atoms with van der Waals surface area (Å²) >= 11 is 0. The van der Waals surface area contributed by atoms with Gasteiger partial charge in [-0.1, -0.05) is 13.8 Å². The van der Waals surface area contributed by atoms with Gasteiger partial charge >= 0.3 is 0 Å². The smallest absolute Gasteiger partial charge is 0.111 e. The van der Waals surface area contributed by atoms with E-state index in [1.807, 2.05) is 12.4 Å². The molecule has 3 nitrogen and oxygen atoms in total. The van der Waals surface area contributed by atoms with Gasteiger partial charge in [0.05, 0.1) is 0 Å². The number of rotatable bonds is 5. The number of aromatic nitrogens is 2. The van der Waals surface area contributed by atoms with Crippen LogP contribution < -0.4 is 5.32 Å². The molecular weight excluding hydrogens is 198 g/mol. The molecule has 1 aliphatic rings. The number of hydrogen-bond acceptors (Lipinski definition) is 2. The molecule has 0 bridgehead atoms. The minimum Gasteiger partial charge on any atom is -0.338 e. The second-order valence-electron chi connectivity index (χ2n) is 5.39. The first kappa shape index (κ1) is 11.6. The van der Waals surface area contributed by atoms with Crippen LogP contribution >= 0.6 is 0 Å². The molecule has 1 aromatic rings. The summed E-state index contributed by atoms with van der Waals surface area (Å²) in [5, 5.41) is 3.56. The standard InChI is InChI=1S/C13H23N3/c1-10(2)8-14-9-11-4-5-12(11)13-15-6-7-16(13)3/h6-7,10-12,14H,4-5,8-9H2,1-3H3. The zero-order valence-electron chi connectivity index (χ0n) is 10.6. The van der Waals surface area contributed by atoms with E-state index in [9.17, 15) is 0 Å². The molecule has 0 radical (unpaired) electrons. The molecule has 1 N–H and O–H groups in total. The predicted octanol–water partition coefficient (Wildman–Crippen LogP) is 2.16. The molecule has 1 saturated carbocycles. The molecule has 0 aromatic carbocycles. The van der Waals surface area contributed by atoms with Gasteiger partial charge in [-0.3, -0.25) is 0 Å². The summed E-state index contributed by atoms with van der Waals surface area (Å²) in [6.07, 6.45) is 6.61. The van der Waals surface area contributed by atoms with Gasteiger partial charge in [-0.05, 0) is 37.8 Å². The van der Waals surface area contributed by atoms with Gasteiger partial charge in [0.15, 0.2) is 0 Å². The molecule has 0 spiro atoms. The van der Waals surface area contributed by atoms with Crippen molar-refractivity contribution in [3.05, 3.63) is 18.2 Å². The second-order valence-corrected chi connectivity index (χ2v) is 5.39. The van der Waals surface area contributed by atoms with Crippen molar-refractivity contribution in [3.8, 4) is 0 Å². The van der Waals surface area contributed by atoms with Gasteiger partial charge in [0.1, 0.15) is 5.82 Å². The Morgan fingerprint density at radius 2 is 2.31 bits per heavy atom. The molecule has 1 aromatic heterocycles. The molecule has 16 heavy (non-hydrogen) atoms. The lowest BCUT2D eigenvalue weighted by Gasteiger charge is -2.36. The molecule has 90 valence electrons. The van der Waals surface area contributed by atoms with Gasteiger partial charge in [0.25, 0.3) is 0 Å². The fraction of sp³-hybridized carbons (Fsp3) is 0.769. The number of aryl methyl sites for hydroxylation is 1. The van der Waals surface area contributed by atoms with Gasteiger partial charge in [0, 0.05) is 25.4 Å². The maximum absolute atomic E-state index is 4.47. The van der Waals surface area contributed by atoms with Crippen LogP contribution in [0.5, 0.6) is 0 Å². The van der Waals surface area contributed by atoms with Crippen molar-refractivity contribution in [2.24, 2.45) is 18.9 Å². The molecular formula is C13H23N3. The number of hydrogen-bond donors (Lipinski definition) is 1. The van der Waals surface area contributed by atoms with E-state index in [4.69, 9.17) is 0 Å². The second kappa shape index (κ2) is 5.00. The Morgan fingerprint density at radius 3 is 2.81 bits per heavy atom. The molecule has 0 saturated heterocycles. The summed E-state index contributed by atoms with van der Waals surface area (Å²) in [5.74, 6) is 3.48. The van der Waals surface area contributed by atoms with E-state index in [1.54, 1.807) is 0 Å². The van der Waals surface area contributed by atoms with Crippen LogP contribution in [0.15, 0.2) is 12.4 Å². The van der Waals surface area contributed by atoms with Crippen molar-refractivity contribution >= 4 is 0 Å². The van der Waals surface area contributed by atoms with E-state index in [1.165, 1.54) is 18.7 Å². The molecule has 2 rings (SSSR count). The fourth-order valence-electron chi connectivity index (χ4n) is 2.45. The van der Waals surface area contributed by atoms with Crippen molar-refractivity contribution in [2.75, 3.05) is 13.1 Å². The van der Waals surface area contributed by atoms with Crippen LogP contribution in [-0.4, -0.2) is 22.6 Å². The topological polar surface area (TPSA) is 29.9 Å². The fourth-order valence-corrected chi connectivity index (χ4v) is 2.45. The molecule has 2 unspecified atom stereocenters. The van der Waals surface area contributed by atoms with E-state index >= 15 is 0 Å². The van der Waals surface area contributed by atoms with Crippen molar-refractivity contribution in [1.29, 1.82) is 0 Å². The first-order chi connectivity index (χ1) is 7.68. The number of nitrogens with zero attached hydrogens (tertiary/aromatic N) is 2. The third kappa shape index (κ3) is 2.46. The quantitative estimate of drug-likeness (QED) is 0.825. The van der Waals surface area contributed by atoms with Crippen LogP contribution in [0.2, 0.25) is 0 Å². The zero-order chi connectivity index (χ0) is 11.5. The summed E-state index contributed by atoms with van der Waals surface area (Å²) < 4.78 is 2.17. The third-order valence-electron chi connectivity index (χ3n) is 3.57. The van der Waals surface area contributed by atoms with Crippen molar-refractivity contribution in [1.82, 2.24) is 14.9 Å². The van der Waals surface area contributed by atoms with Gasteiger partial charge in [-0.15, -0.1) is 0 Å². The average molecular weight is 221 g/mol. The molecule has 0 amide bonds. The molecule has 3 heteroatoms. The lowest BCUT2D eigenvalue weighted by Crippen LogP contribution is -2.36. The Kier molecular flexibility index (Phi) is 3.64. The van der Waals surface area contributed by atoms with Crippen LogP contribution in [-0.2, 0) is 7.05 Å². The van der Waals surface area contributed by atoms with Gasteiger partial charge < -0.3 is 9.88 Å². The first-order valence-corrected chi connectivity index (χ1v) is 6.36. The zero-order valence-corrected chi connectivity index (χ0v) is 10.6. The van der Waals surface area contributed by atoms with Gasteiger partial charge in [-0.25, -0.2) is 4.98 Å². The largest absolute Gasteiger partial charge is 0.338 e. The minimum absolute atomic E-state index is 0.680. The maximum atomic E-state index is 4.47. The van der Waals surface area contributed by atoms with Crippen molar-refractivity contribution in [2.45, 2.75) is 32.6 Å². The molecule has 2 atom stereocenters. The van der Waals surface area contributed by atoms with Crippen molar-refractivity contribution < 1.29 is 0 Å². The predicted molar refractivity (Wildman–Crippen MR) is 66.4 cm³/mol. The van der Waals surface area contributed by atoms with Crippen LogP contribution in [0.4, 0.5) is 0 Å². The Morgan fingerprint density at radius 1 is 1.50 bits per heavy atom. The summed E-state index contributed by atoms with van der Waals surface area (Å²) in [6, 6.07) is 0. The van der Waals surface area contributed by atoms with E-state index in [0.717, 1.165) is 24.9 Å². The van der Waals surface area contributed by atoms with E-state index in [-0.39, 0.29) is 0 Å². The van der Waals surface area contributed by atoms with Crippen LogP contribution in [0.25, 0.3) is 0 Å². The minimum atomic E-state index is 0.680. The Bertz CT molecular complexity index is 330. The van der Waals surface area contributed by atoms with E-state index in [0.29, 0.717) is 5.92 Å². The highest BCUT2D eigenvalue weighted by atomic mass is 15.0. The summed E-state index contributed by atoms with van der Waals surface area (Å²) in [6.45, 7) is 6.79. The Labute approximate surface area is 98.3 Å².